The van der Waals surface area contributed by atoms with Crippen molar-refractivity contribution in [2.45, 2.75) is 18.9 Å². The van der Waals surface area contributed by atoms with E-state index in [0.717, 1.165) is 6.42 Å². The molecule has 18 heavy (non-hydrogen) atoms. The Hall–Kier alpha value is -1.95. The topological polar surface area (TPSA) is 92.5 Å². The Kier molecular flexibility index (Phi) is 3.57. The van der Waals surface area contributed by atoms with E-state index in [9.17, 15) is 14.9 Å². The van der Waals surface area contributed by atoms with Gasteiger partial charge in [0, 0.05) is 11.6 Å². The van der Waals surface area contributed by atoms with Crippen LogP contribution in [0.3, 0.4) is 0 Å². The molecule has 1 aliphatic heterocycles. The van der Waals surface area contributed by atoms with Crippen molar-refractivity contribution in [3.8, 4) is 0 Å². The zero-order valence-corrected chi connectivity index (χ0v) is 9.70. The van der Waals surface area contributed by atoms with Crippen molar-refractivity contribution < 1.29 is 14.8 Å². The van der Waals surface area contributed by atoms with Crippen LogP contribution in [-0.4, -0.2) is 28.6 Å². The monoisotopic (exact) mass is 250 g/mol. The molecule has 96 valence electrons. The van der Waals surface area contributed by atoms with Crippen LogP contribution in [0.15, 0.2) is 24.3 Å². The van der Waals surface area contributed by atoms with Gasteiger partial charge in [0.2, 0.25) is 0 Å². The summed E-state index contributed by atoms with van der Waals surface area (Å²) >= 11 is 0. The van der Waals surface area contributed by atoms with Crippen LogP contribution in [0.25, 0.3) is 0 Å². The predicted molar refractivity (Wildman–Crippen MR) is 64.3 cm³/mol. The summed E-state index contributed by atoms with van der Waals surface area (Å²) in [6.45, 7) is 0.641. The molecule has 1 heterocycles. The maximum Gasteiger partial charge on any atom is 0.320 e. The number of aliphatic carboxylic acids is 1. The van der Waals surface area contributed by atoms with Crippen molar-refractivity contribution in [1.82, 2.24) is 5.32 Å². The van der Waals surface area contributed by atoms with Crippen LogP contribution in [0.4, 0.5) is 5.69 Å². The number of nitrogens with zero attached hydrogens (tertiary/aromatic N) is 1. The summed E-state index contributed by atoms with van der Waals surface area (Å²) < 4.78 is 0. The van der Waals surface area contributed by atoms with Gasteiger partial charge >= 0.3 is 5.97 Å². The van der Waals surface area contributed by atoms with Crippen molar-refractivity contribution in [2.75, 3.05) is 6.54 Å². The maximum absolute atomic E-state index is 11.0. The van der Waals surface area contributed by atoms with Crippen LogP contribution < -0.4 is 5.32 Å². The lowest BCUT2D eigenvalue weighted by atomic mass is 9.92. The third-order valence-electron chi connectivity index (χ3n) is 3.29. The summed E-state index contributed by atoms with van der Waals surface area (Å²) in [4.78, 5) is 21.5. The SMILES string of the molecule is O=C(O)[C@H]1NCCC1Cc1ccccc1[N+](=O)[O-]. The molecule has 0 aromatic heterocycles. The summed E-state index contributed by atoms with van der Waals surface area (Å²) in [6, 6.07) is 5.89. The first kappa shape index (κ1) is 12.5. The van der Waals surface area contributed by atoms with Gasteiger partial charge < -0.3 is 10.4 Å². The largest absolute Gasteiger partial charge is 0.480 e. The molecule has 0 spiro atoms. The number of carbonyl (C=O) groups is 1. The highest BCUT2D eigenvalue weighted by atomic mass is 16.6. The number of nitrogens with one attached hydrogen (secondary N) is 1. The molecule has 1 aliphatic rings. The molecule has 0 saturated carbocycles. The van der Waals surface area contributed by atoms with Gasteiger partial charge in [-0.2, -0.15) is 0 Å². The number of para-hydroxylation sites is 1. The van der Waals surface area contributed by atoms with Crippen LogP contribution in [0.1, 0.15) is 12.0 Å². The van der Waals surface area contributed by atoms with E-state index in [0.29, 0.717) is 18.5 Å². The first-order valence-corrected chi connectivity index (χ1v) is 5.78. The summed E-state index contributed by atoms with van der Waals surface area (Å²) in [5, 5.41) is 22.8. The van der Waals surface area contributed by atoms with Gasteiger partial charge in [0.05, 0.1) is 4.92 Å². The van der Waals surface area contributed by atoms with Crippen LogP contribution in [-0.2, 0) is 11.2 Å². The fraction of sp³-hybridized carbons (Fsp3) is 0.417. The number of carboxylic acids is 1. The van der Waals surface area contributed by atoms with E-state index in [-0.39, 0.29) is 11.6 Å². The minimum absolute atomic E-state index is 0.0635. The molecule has 1 aromatic carbocycles. The molecule has 1 aromatic rings. The molecule has 2 N–H and O–H groups in total. The van der Waals surface area contributed by atoms with Gasteiger partial charge in [0.25, 0.3) is 5.69 Å². The standard InChI is InChI=1S/C12H14N2O4/c15-12(16)11-9(5-6-13-11)7-8-3-1-2-4-10(8)14(17)18/h1-4,9,11,13H,5-7H2,(H,15,16)/t9?,11-/m0/s1. The highest BCUT2D eigenvalue weighted by Gasteiger charge is 2.33. The summed E-state index contributed by atoms with van der Waals surface area (Å²) in [6.07, 6.45) is 1.14. The first-order chi connectivity index (χ1) is 8.59. The molecule has 6 nitrogen and oxygen atoms in total. The van der Waals surface area contributed by atoms with E-state index < -0.39 is 16.9 Å². The number of carboxylic acid groups (broad SMARTS) is 1. The number of benzene rings is 1. The molecular weight excluding hydrogens is 236 g/mol. The van der Waals surface area contributed by atoms with Crippen LogP contribution >= 0.6 is 0 Å². The fourth-order valence-corrected chi connectivity index (χ4v) is 2.41. The third-order valence-corrected chi connectivity index (χ3v) is 3.29. The van der Waals surface area contributed by atoms with E-state index in [1.165, 1.54) is 6.07 Å². The second-order valence-electron chi connectivity index (χ2n) is 4.41. The normalized spacial score (nSPS) is 22.9. The van der Waals surface area contributed by atoms with E-state index in [4.69, 9.17) is 5.11 Å². The quantitative estimate of drug-likeness (QED) is 0.618. The zero-order valence-electron chi connectivity index (χ0n) is 9.70. The van der Waals surface area contributed by atoms with Crippen molar-refractivity contribution in [3.63, 3.8) is 0 Å². The first-order valence-electron chi connectivity index (χ1n) is 5.78. The molecule has 0 amide bonds. The molecule has 2 atom stereocenters. The summed E-state index contributed by atoms with van der Waals surface area (Å²) in [7, 11) is 0. The number of hydrogen-bond acceptors (Lipinski definition) is 4. The minimum atomic E-state index is -0.893. The molecule has 1 fully saturated rings. The van der Waals surface area contributed by atoms with Crippen molar-refractivity contribution >= 4 is 11.7 Å². The lowest BCUT2D eigenvalue weighted by Crippen LogP contribution is -2.36. The second-order valence-corrected chi connectivity index (χ2v) is 4.41. The van der Waals surface area contributed by atoms with Crippen molar-refractivity contribution in [3.05, 3.63) is 39.9 Å². The van der Waals surface area contributed by atoms with Gasteiger partial charge in [-0.25, -0.2) is 0 Å². The van der Waals surface area contributed by atoms with Gasteiger partial charge in [-0.3, -0.25) is 14.9 Å². The maximum atomic E-state index is 11.0. The van der Waals surface area contributed by atoms with Crippen molar-refractivity contribution in [1.29, 1.82) is 0 Å². The Morgan fingerprint density at radius 1 is 1.50 bits per heavy atom. The summed E-state index contributed by atoms with van der Waals surface area (Å²) in [5.41, 5.74) is 0.663. The molecule has 6 heteroatoms. The third kappa shape index (κ3) is 2.48. The number of nitro benzene ring substituents is 1. The Morgan fingerprint density at radius 2 is 2.22 bits per heavy atom. The minimum Gasteiger partial charge on any atom is -0.480 e. The zero-order chi connectivity index (χ0) is 13.1. The van der Waals surface area contributed by atoms with Gasteiger partial charge in [0.1, 0.15) is 6.04 Å². The predicted octanol–water partition coefficient (Wildman–Crippen LogP) is 1.20. The van der Waals surface area contributed by atoms with Gasteiger partial charge in [-0.1, -0.05) is 18.2 Å². The van der Waals surface area contributed by atoms with Crippen LogP contribution in [0.2, 0.25) is 0 Å². The number of nitro groups is 1. The van der Waals surface area contributed by atoms with E-state index in [2.05, 4.69) is 5.32 Å². The molecule has 0 bridgehead atoms. The molecule has 1 unspecified atom stereocenters. The highest BCUT2D eigenvalue weighted by Crippen LogP contribution is 2.26. The Labute approximate surface area is 104 Å². The highest BCUT2D eigenvalue weighted by molar-refractivity contribution is 5.74. The Morgan fingerprint density at radius 3 is 2.89 bits per heavy atom. The van der Waals surface area contributed by atoms with Crippen LogP contribution in [0, 0.1) is 16.0 Å². The van der Waals surface area contributed by atoms with Gasteiger partial charge in [0.15, 0.2) is 0 Å². The number of hydrogen-bond donors (Lipinski definition) is 2. The van der Waals surface area contributed by atoms with Crippen molar-refractivity contribution in [2.24, 2.45) is 5.92 Å². The van der Waals surface area contributed by atoms with E-state index in [1.54, 1.807) is 18.2 Å². The Bertz CT molecular complexity index is 475. The summed E-state index contributed by atoms with van der Waals surface area (Å²) in [5.74, 6) is -0.986. The average Bonchev–Trinajstić information content (AvgIpc) is 2.77. The molecular formula is C12H14N2O4. The fourth-order valence-electron chi connectivity index (χ4n) is 2.41. The molecule has 2 rings (SSSR count). The molecule has 1 saturated heterocycles. The number of rotatable bonds is 4. The van der Waals surface area contributed by atoms with Gasteiger partial charge in [-0.15, -0.1) is 0 Å². The van der Waals surface area contributed by atoms with E-state index >= 15 is 0 Å². The Balaban J connectivity index is 2.19. The van der Waals surface area contributed by atoms with E-state index in [1.807, 2.05) is 0 Å². The second kappa shape index (κ2) is 5.14. The molecule has 0 aliphatic carbocycles. The lowest BCUT2D eigenvalue weighted by molar-refractivity contribution is -0.385. The smallest absolute Gasteiger partial charge is 0.320 e. The van der Waals surface area contributed by atoms with Crippen LogP contribution in [0.5, 0.6) is 0 Å². The van der Waals surface area contributed by atoms with Gasteiger partial charge in [-0.05, 0) is 25.3 Å². The lowest BCUT2D eigenvalue weighted by Gasteiger charge is -2.15. The molecule has 0 radical (unpaired) electrons. The average molecular weight is 250 g/mol.